The maximum absolute atomic E-state index is 6.61. The Balaban J connectivity index is 2.36. The minimum atomic E-state index is -0.0754. The van der Waals surface area contributed by atoms with E-state index in [1.165, 1.54) is 9.75 Å². The highest BCUT2D eigenvalue weighted by Crippen LogP contribution is 2.36. The standard InChI is InChI=1S/C16H19ClOS/c1-5-13-6-7-14(19-13)15(17)12-8-10(2)16(18-4)11(3)9-12/h6-9,15H,5H2,1-4H3. The van der Waals surface area contributed by atoms with E-state index in [1.807, 2.05) is 0 Å². The molecule has 102 valence electrons. The average molecular weight is 295 g/mol. The zero-order valence-corrected chi connectivity index (χ0v) is 13.4. The molecule has 0 aliphatic rings. The minimum absolute atomic E-state index is 0.0754. The first-order valence-corrected chi connectivity index (χ1v) is 7.70. The third-order valence-corrected chi connectivity index (χ3v) is 5.17. The van der Waals surface area contributed by atoms with Gasteiger partial charge >= 0.3 is 0 Å². The molecule has 1 nitrogen and oxygen atoms in total. The average Bonchev–Trinajstić information content (AvgIpc) is 2.86. The van der Waals surface area contributed by atoms with Crippen molar-refractivity contribution in [3.05, 3.63) is 50.7 Å². The van der Waals surface area contributed by atoms with E-state index in [2.05, 4.69) is 45.0 Å². The molecule has 1 heterocycles. The summed E-state index contributed by atoms with van der Waals surface area (Å²) in [7, 11) is 1.71. The summed E-state index contributed by atoms with van der Waals surface area (Å²) in [6.07, 6.45) is 1.06. The summed E-state index contributed by atoms with van der Waals surface area (Å²) in [5.41, 5.74) is 3.41. The fraction of sp³-hybridized carbons (Fsp3) is 0.375. The maximum Gasteiger partial charge on any atom is 0.124 e. The number of aryl methyl sites for hydroxylation is 3. The molecule has 1 unspecified atom stereocenters. The third-order valence-electron chi connectivity index (χ3n) is 3.26. The van der Waals surface area contributed by atoms with E-state index in [0.29, 0.717) is 0 Å². The Labute approximate surface area is 124 Å². The van der Waals surface area contributed by atoms with Crippen LogP contribution in [0.25, 0.3) is 0 Å². The van der Waals surface area contributed by atoms with Crippen molar-refractivity contribution in [1.82, 2.24) is 0 Å². The summed E-state index contributed by atoms with van der Waals surface area (Å²) >= 11 is 8.41. The van der Waals surface area contributed by atoms with Crippen molar-refractivity contribution in [2.24, 2.45) is 0 Å². The smallest absolute Gasteiger partial charge is 0.124 e. The van der Waals surface area contributed by atoms with E-state index >= 15 is 0 Å². The summed E-state index contributed by atoms with van der Waals surface area (Å²) in [4.78, 5) is 2.59. The lowest BCUT2D eigenvalue weighted by Crippen LogP contribution is -1.96. The van der Waals surface area contributed by atoms with E-state index < -0.39 is 0 Å². The van der Waals surface area contributed by atoms with Crippen molar-refractivity contribution >= 4 is 22.9 Å². The van der Waals surface area contributed by atoms with Crippen LogP contribution in [0, 0.1) is 13.8 Å². The van der Waals surface area contributed by atoms with E-state index in [4.69, 9.17) is 16.3 Å². The van der Waals surface area contributed by atoms with Gasteiger partial charge in [-0.2, -0.15) is 0 Å². The highest BCUT2D eigenvalue weighted by Gasteiger charge is 2.16. The largest absolute Gasteiger partial charge is 0.496 e. The Morgan fingerprint density at radius 2 is 1.84 bits per heavy atom. The molecule has 2 aromatic rings. The molecular weight excluding hydrogens is 276 g/mol. The number of halogens is 1. The lowest BCUT2D eigenvalue weighted by atomic mass is 10.0. The van der Waals surface area contributed by atoms with Gasteiger partial charge in [-0.05, 0) is 49.1 Å². The van der Waals surface area contributed by atoms with Crippen LogP contribution in [0.3, 0.4) is 0 Å². The minimum Gasteiger partial charge on any atom is -0.496 e. The van der Waals surface area contributed by atoms with Gasteiger partial charge in [-0.25, -0.2) is 0 Å². The molecular formula is C16H19ClOS. The maximum atomic E-state index is 6.61. The molecule has 3 heteroatoms. The first-order valence-electron chi connectivity index (χ1n) is 6.44. The van der Waals surface area contributed by atoms with Crippen molar-refractivity contribution in [3.8, 4) is 5.75 Å². The van der Waals surface area contributed by atoms with Crippen LogP contribution in [0.4, 0.5) is 0 Å². The highest BCUT2D eigenvalue weighted by molar-refractivity contribution is 7.12. The van der Waals surface area contributed by atoms with E-state index in [9.17, 15) is 0 Å². The summed E-state index contributed by atoms with van der Waals surface area (Å²) < 4.78 is 5.40. The third kappa shape index (κ3) is 2.96. The van der Waals surface area contributed by atoms with Gasteiger partial charge in [0.15, 0.2) is 0 Å². The van der Waals surface area contributed by atoms with Gasteiger partial charge in [-0.1, -0.05) is 19.1 Å². The molecule has 0 amide bonds. The van der Waals surface area contributed by atoms with Crippen LogP contribution in [0.2, 0.25) is 0 Å². The number of ether oxygens (including phenoxy) is 1. The summed E-state index contributed by atoms with van der Waals surface area (Å²) in [5, 5.41) is -0.0754. The molecule has 0 radical (unpaired) electrons. The summed E-state index contributed by atoms with van der Waals surface area (Å²) in [6, 6.07) is 8.54. The van der Waals surface area contributed by atoms with E-state index in [1.54, 1.807) is 18.4 Å². The Bertz CT molecular complexity index is 551. The van der Waals surface area contributed by atoms with Gasteiger partial charge in [0.05, 0.1) is 12.5 Å². The van der Waals surface area contributed by atoms with Crippen molar-refractivity contribution in [2.75, 3.05) is 7.11 Å². The van der Waals surface area contributed by atoms with Crippen LogP contribution >= 0.6 is 22.9 Å². The van der Waals surface area contributed by atoms with E-state index in [-0.39, 0.29) is 5.38 Å². The molecule has 19 heavy (non-hydrogen) atoms. The molecule has 0 aliphatic carbocycles. The Kier molecular flexibility index (Phi) is 4.54. The molecule has 1 aromatic heterocycles. The summed E-state index contributed by atoms with van der Waals surface area (Å²) in [5.74, 6) is 0.952. The second-order valence-electron chi connectivity index (χ2n) is 4.71. The van der Waals surface area contributed by atoms with Gasteiger partial charge in [0.1, 0.15) is 5.75 Å². The Hall–Kier alpha value is -0.990. The predicted octanol–water partition coefficient (Wildman–Crippen LogP) is 5.26. The fourth-order valence-electron chi connectivity index (χ4n) is 2.34. The van der Waals surface area contributed by atoms with Crippen molar-refractivity contribution in [2.45, 2.75) is 32.6 Å². The fourth-order valence-corrected chi connectivity index (χ4v) is 3.63. The highest BCUT2D eigenvalue weighted by atomic mass is 35.5. The molecule has 0 bridgehead atoms. The summed E-state index contributed by atoms with van der Waals surface area (Å²) in [6.45, 7) is 6.29. The first kappa shape index (κ1) is 14.4. The van der Waals surface area contributed by atoms with Crippen molar-refractivity contribution in [1.29, 1.82) is 0 Å². The molecule has 1 atom stereocenters. The molecule has 0 saturated carbocycles. The molecule has 0 aliphatic heterocycles. The number of rotatable bonds is 4. The molecule has 0 fully saturated rings. The number of hydrogen-bond donors (Lipinski definition) is 0. The van der Waals surface area contributed by atoms with Gasteiger partial charge < -0.3 is 4.74 Å². The number of methoxy groups -OCH3 is 1. The van der Waals surface area contributed by atoms with Gasteiger partial charge in [-0.3, -0.25) is 0 Å². The van der Waals surface area contributed by atoms with Crippen LogP contribution < -0.4 is 4.74 Å². The normalized spacial score (nSPS) is 12.5. The van der Waals surface area contributed by atoms with Gasteiger partial charge in [0.2, 0.25) is 0 Å². The van der Waals surface area contributed by atoms with E-state index in [0.717, 1.165) is 28.9 Å². The molecule has 2 rings (SSSR count). The van der Waals surface area contributed by atoms with Crippen LogP contribution in [0.1, 0.15) is 38.7 Å². The Morgan fingerprint density at radius 3 is 2.32 bits per heavy atom. The lowest BCUT2D eigenvalue weighted by Gasteiger charge is -2.14. The predicted molar refractivity (Wildman–Crippen MR) is 83.9 cm³/mol. The molecule has 0 spiro atoms. The Morgan fingerprint density at radius 1 is 1.21 bits per heavy atom. The van der Waals surface area contributed by atoms with Gasteiger partial charge in [-0.15, -0.1) is 22.9 Å². The molecule has 1 aromatic carbocycles. The second kappa shape index (κ2) is 5.98. The van der Waals surface area contributed by atoms with Crippen LogP contribution in [0.15, 0.2) is 24.3 Å². The van der Waals surface area contributed by atoms with Crippen molar-refractivity contribution < 1.29 is 4.74 Å². The van der Waals surface area contributed by atoms with Gasteiger partial charge in [0, 0.05) is 9.75 Å². The lowest BCUT2D eigenvalue weighted by molar-refractivity contribution is 0.408. The number of hydrogen-bond acceptors (Lipinski definition) is 2. The van der Waals surface area contributed by atoms with Crippen LogP contribution in [-0.4, -0.2) is 7.11 Å². The number of alkyl halides is 1. The van der Waals surface area contributed by atoms with Crippen LogP contribution in [0.5, 0.6) is 5.75 Å². The quantitative estimate of drug-likeness (QED) is 0.699. The number of benzene rings is 1. The van der Waals surface area contributed by atoms with Gasteiger partial charge in [0.25, 0.3) is 0 Å². The zero-order chi connectivity index (χ0) is 14.0. The zero-order valence-electron chi connectivity index (χ0n) is 11.8. The second-order valence-corrected chi connectivity index (χ2v) is 6.34. The molecule has 0 N–H and O–H groups in total. The SMILES string of the molecule is CCc1ccc(C(Cl)c2cc(C)c(OC)c(C)c2)s1. The first-order chi connectivity index (χ1) is 9.06. The van der Waals surface area contributed by atoms with Crippen molar-refractivity contribution in [3.63, 3.8) is 0 Å². The number of thiophene rings is 1. The monoisotopic (exact) mass is 294 g/mol. The van der Waals surface area contributed by atoms with Crippen LogP contribution in [-0.2, 0) is 6.42 Å². The molecule has 0 saturated heterocycles. The topological polar surface area (TPSA) is 9.23 Å².